The molecule has 1 N–H and O–H groups in total. The van der Waals surface area contributed by atoms with Gasteiger partial charge in [-0.15, -0.1) is 22.7 Å². The second kappa shape index (κ2) is 7.37. The molecule has 0 aliphatic heterocycles. The maximum atomic E-state index is 13.0. The van der Waals surface area contributed by atoms with E-state index in [9.17, 15) is 9.18 Å². The van der Waals surface area contributed by atoms with Gasteiger partial charge in [0.2, 0.25) is 11.7 Å². The second-order valence-electron chi connectivity index (χ2n) is 5.67. The second-order valence-corrected chi connectivity index (χ2v) is 7.48. The molecule has 0 spiro atoms. The van der Waals surface area contributed by atoms with Gasteiger partial charge < -0.3 is 9.84 Å². The summed E-state index contributed by atoms with van der Waals surface area (Å²) in [4.78, 5) is 22.1. The Kier molecular flexibility index (Phi) is 4.78. The molecular formula is C18H13FN4O2S2. The molecular weight excluding hydrogens is 387 g/mol. The third-order valence-electron chi connectivity index (χ3n) is 3.73. The van der Waals surface area contributed by atoms with Gasteiger partial charge >= 0.3 is 0 Å². The van der Waals surface area contributed by atoms with Gasteiger partial charge in [-0.25, -0.2) is 9.37 Å². The first kappa shape index (κ1) is 17.5. The summed E-state index contributed by atoms with van der Waals surface area (Å²) in [5, 5.41) is 11.2. The SMILES string of the molecule is CC(NC(=O)c1csc(-c2cccs2)n1)c1nc(-c2ccc(F)cc2)no1. The third kappa shape index (κ3) is 3.79. The molecule has 0 aliphatic carbocycles. The van der Waals surface area contributed by atoms with E-state index >= 15 is 0 Å². The summed E-state index contributed by atoms with van der Waals surface area (Å²) < 4.78 is 18.2. The zero-order valence-corrected chi connectivity index (χ0v) is 15.7. The van der Waals surface area contributed by atoms with E-state index in [1.807, 2.05) is 17.5 Å². The van der Waals surface area contributed by atoms with E-state index in [1.54, 1.807) is 35.8 Å². The molecule has 0 aliphatic rings. The number of nitrogens with zero attached hydrogens (tertiary/aromatic N) is 3. The molecule has 6 nitrogen and oxygen atoms in total. The van der Waals surface area contributed by atoms with E-state index in [0.29, 0.717) is 17.1 Å². The Morgan fingerprint density at radius 2 is 2.00 bits per heavy atom. The van der Waals surface area contributed by atoms with Gasteiger partial charge in [-0.3, -0.25) is 4.79 Å². The number of amides is 1. The molecule has 3 aromatic heterocycles. The van der Waals surface area contributed by atoms with Gasteiger partial charge in [0.1, 0.15) is 22.6 Å². The Morgan fingerprint density at radius 3 is 2.74 bits per heavy atom. The number of nitrogens with one attached hydrogen (secondary N) is 1. The van der Waals surface area contributed by atoms with Crippen molar-refractivity contribution in [1.82, 2.24) is 20.4 Å². The highest BCUT2D eigenvalue weighted by atomic mass is 32.1. The number of hydrogen-bond donors (Lipinski definition) is 1. The lowest BCUT2D eigenvalue weighted by Gasteiger charge is -2.07. The number of carbonyl (C=O) groups excluding carboxylic acids is 1. The molecule has 1 atom stereocenters. The van der Waals surface area contributed by atoms with Crippen molar-refractivity contribution in [2.45, 2.75) is 13.0 Å². The Balaban J connectivity index is 1.45. The van der Waals surface area contributed by atoms with Crippen molar-refractivity contribution >= 4 is 28.6 Å². The quantitative estimate of drug-likeness (QED) is 0.531. The van der Waals surface area contributed by atoms with E-state index < -0.39 is 6.04 Å². The van der Waals surface area contributed by atoms with Crippen LogP contribution in [0.2, 0.25) is 0 Å². The molecule has 27 heavy (non-hydrogen) atoms. The number of rotatable bonds is 5. The van der Waals surface area contributed by atoms with E-state index in [1.165, 1.54) is 23.5 Å². The van der Waals surface area contributed by atoms with Crippen molar-refractivity contribution in [3.8, 4) is 21.3 Å². The predicted molar refractivity (Wildman–Crippen MR) is 101 cm³/mol. The molecule has 0 radical (unpaired) electrons. The number of carbonyl (C=O) groups is 1. The molecule has 0 bridgehead atoms. The summed E-state index contributed by atoms with van der Waals surface area (Å²) in [6.45, 7) is 1.74. The van der Waals surface area contributed by atoms with Crippen LogP contribution in [0.15, 0.2) is 51.7 Å². The van der Waals surface area contributed by atoms with E-state index in [-0.39, 0.29) is 17.6 Å². The van der Waals surface area contributed by atoms with Crippen LogP contribution in [0.25, 0.3) is 21.3 Å². The summed E-state index contributed by atoms with van der Waals surface area (Å²) >= 11 is 2.99. The third-order valence-corrected chi connectivity index (χ3v) is 5.61. The molecule has 0 fully saturated rings. The monoisotopic (exact) mass is 400 g/mol. The molecule has 3 heterocycles. The molecule has 0 saturated carbocycles. The topological polar surface area (TPSA) is 80.9 Å². The molecule has 1 amide bonds. The average molecular weight is 400 g/mol. The highest BCUT2D eigenvalue weighted by Gasteiger charge is 2.20. The smallest absolute Gasteiger partial charge is 0.271 e. The Labute approximate surface area is 161 Å². The van der Waals surface area contributed by atoms with Crippen LogP contribution in [0.5, 0.6) is 0 Å². The predicted octanol–water partition coefficient (Wildman–Crippen LogP) is 4.55. The zero-order chi connectivity index (χ0) is 18.8. The summed E-state index contributed by atoms with van der Waals surface area (Å²) in [5.74, 6) is -0.0625. The van der Waals surface area contributed by atoms with Gasteiger partial charge in [0, 0.05) is 10.9 Å². The average Bonchev–Trinajstić information content (AvgIpc) is 3.42. The van der Waals surface area contributed by atoms with Gasteiger partial charge in [-0.1, -0.05) is 11.2 Å². The van der Waals surface area contributed by atoms with Crippen molar-refractivity contribution < 1.29 is 13.7 Å². The highest BCUT2D eigenvalue weighted by molar-refractivity contribution is 7.20. The van der Waals surface area contributed by atoms with E-state index in [2.05, 4.69) is 20.4 Å². The minimum absolute atomic E-state index is 0.261. The van der Waals surface area contributed by atoms with Crippen molar-refractivity contribution in [1.29, 1.82) is 0 Å². The van der Waals surface area contributed by atoms with Crippen molar-refractivity contribution in [2.75, 3.05) is 0 Å². The first-order chi connectivity index (χ1) is 13.1. The van der Waals surface area contributed by atoms with Gasteiger partial charge in [0.05, 0.1) is 4.88 Å². The van der Waals surface area contributed by atoms with E-state index in [0.717, 1.165) is 9.88 Å². The van der Waals surface area contributed by atoms with Crippen molar-refractivity contribution in [3.63, 3.8) is 0 Å². The van der Waals surface area contributed by atoms with Gasteiger partial charge in [0.15, 0.2) is 0 Å². The van der Waals surface area contributed by atoms with Gasteiger partial charge in [-0.2, -0.15) is 4.98 Å². The fourth-order valence-corrected chi connectivity index (χ4v) is 3.97. The number of halogens is 1. The fourth-order valence-electron chi connectivity index (χ4n) is 2.35. The van der Waals surface area contributed by atoms with Crippen LogP contribution in [0.1, 0.15) is 29.3 Å². The molecule has 1 aromatic carbocycles. The Morgan fingerprint density at radius 1 is 1.19 bits per heavy atom. The number of aromatic nitrogens is 3. The number of thiazole rings is 1. The van der Waals surface area contributed by atoms with Crippen molar-refractivity contribution in [3.05, 3.63) is 64.6 Å². The first-order valence-electron chi connectivity index (χ1n) is 8.00. The fraction of sp³-hybridized carbons (Fsp3) is 0.111. The summed E-state index contributed by atoms with van der Waals surface area (Å²) in [6.07, 6.45) is 0. The lowest BCUT2D eigenvalue weighted by Crippen LogP contribution is -2.27. The summed E-state index contributed by atoms with van der Waals surface area (Å²) in [6, 6.07) is 9.18. The lowest BCUT2D eigenvalue weighted by molar-refractivity contribution is 0.0928. The number of hydrogen-bond acceptors (Lipinski definition) is 7. The van der Waals surface area contributed by atoms with Crippen LogP contribution in [-0.4, -0.2) is 21.0 Å². The van der Waals surface area contributed by atoms with Crippen LogP contribution in [0.3, 0.4) is 0 Å². The normalized spacial score (nSPS) is 12.1. The molecule has 9 heteroatoms. The van der Waals surface area contributed by atoms with Crippen LogP contribution >= 0.6 is 22.7 Å². The Hall–Kier alpha value is -2.91. The van der Waals surface area contributed by atoms with Crippen molar-refractivity contribution in [2.24, 2.45) is 0 Å². The molecule has 4 rings (SSSR count). The number of thiophene rings is 1. The Bertz CT molecular complexity index is 1060. The zero-order valence-electron chi connectivity index (χ0n) is 14.0. The maximum absolute atomic E-state index is 13.0. The van der Waals surface area contributed by atoms with Crippen LogP contribution < -0.4 is 5.32 Å². The minimum atomic E-state index is -0.494. The summed E-state index contributed by atoms with van der Waals surface area (Å²) in [7, 11) is 0. The number of benzene rings is 1. The molecule has 136 valence electrons. The van der Waals surface area contributed by atoms with Gasteiger partial charge in [0.25, 0.3) is 5.91 Å². The van der Waals surface area contributed by atoms with Crippen LogP contribution in [-0.2, 0) is 0 Å². The molecule has 4 aromatic rings. The molecule has 0 saturated heterocycles. The van der Waals surface area contributed by atoms with Crippen LogP contribution in [0.4, 0.5) is 4.39 Å². The lowest BCUT2D eigenvalue weighted by atomic mass is 10.2. The molecule has 1 unspecified atom stereocenters. The maximum Gasteiger partial charge on any atom is 0.271 e. The highest BCUT2D eigenvalue weighted by Crippen LogP contribution is 2.28. The van der Waals surface area contributed by atoms with Crippen LogP contribution in [0, 0.1) is 5.82 Å². The summed E-state index contributed by atoms with van der Waals surface area (Å²) in [5.41, 5.74) is 0.971. The standard InChI is InChI=1S/C18H13FN4O2S2/c1-10(17-22-15(23-25-17)11-4-6-12(19)7-5-11)20-16(24)13-9-27-18(21-13)14-3-2-8-26-14/h2-10H,1H3,(H,20,24). The first-order valence-corrected chi connectivity index (χ1v) is 9.76. The minimum Gasteiger partial charge on any atom is -0.339 e. The van der Waals surface area contributed by atoms with Gasteiger partial charge in [-0.05, 0) is 42.6 Å². The largest absolute Gasteiger partial charge is 0.339 e. The van der Waals surface area contributed by atoms with E-state index in [4.69, 9.17) is 4.52 Å².